The molecule has 4 rings (SSSR count). The normalized spacial score (nSPS) is 18.9. The molecule has 1 unspecified atom stereocenters. The van der Waals surface area contributed by atoms with E-state index in [9.17, 15) is 5.11 Å². The first kappa shape index (κ1) is 13.5. The Morgan fingerprint density at radius 2 is 2.27 bits per heavy atom. The third-order valence-corrected chi connectivity index (χ3v) is 4.16. The van der Waals surface area contributed by atoms with Gasteiger partial charge in [-0.3, -0.25) is 0 Å². The Labute approximate surface area is 127 Å². The molecule has 6 nitrogen and oxygen atoms in total. The van der Waals surface area contributed by atoms with Gasteiger partial charge in [-0.2, -0.15) is 5.10 Å². The topological polar surface area (TPSA) is 76.0 Å². The van der Waals surface area contributed by atoms with Gasteiger partial charge in [-0.1, -0.05) is 0 Å². The number of pyridine rings is 1. The van der Waals surface area contributed by atoms with Gasteiger partial charge in [-0.15, -0.1) is 0 Å². The van der Waals surface area contributed by atoms with Gasteiger partial charge >= 0.3 is 0 Å². The molecule has 0 amide bonds. The van der Waals surface area contributed by atoms with Crippen LogP contribution < -0.4 is 0 Å². The number of rotatable bonds is 3. The van der Waals surface area contributed by atoms with Gasteiger partial charge in [0.25, 0.3) is 0 Å². The van der Waals surface area contributed by atoms with E-state index in [1.807, 2.05) is 29.2 Å². The van der Waals surface area contributed by atoms with Crippen LogP contribution in [0.15, 0.2) is 30.7 Å². The zero-order chi connectivity index (χ0) is 14.9. The van der Waals surface area contributed by atoms with Crippen molar-refractivity contribution < 1.29 is 9.84 Å². The number of aliphatic hydroxyl groups excluding tert-OH is 1. The van der Waals surface area contributed by atoms with Gasteiger partial charge in [0, 0.05) is 36.1 Å². The largest absolute Gasteiger partial charge is 0.390 e. The second-order valence-electron chi connectivity index (χ2n) is 5.55. The van der Waals surface area contributed by atoms with Gasteiger partial charge in [0.05, 0.1) is 12.3 Å². The molecule has 1 aliphatic rings. The Morgan fingerprint density at radius 3 is 3.09 bits per heavy atom. The van der Waals surface area contributed by atoms with Crippen LogP contribution in [0.1, 0.15) is 31.2 Å². The highest BCUT2D eigenvalue weighted by Gasteiger charge is 2.20. The van der Waals surface area contributed by atoms with E-state index in [1.165, 1.54) is 0 Å². The number of aliphatic hydroxyl groups is 1. The number of hydrogen-bond donors (Lipinski definition) is 2. The number of fused-ring (bicyclic) bond motifs is 1. The molecule has 114 valence electrons. The van der Waals surface area contributed by atoms with Crippen LogP contribution in [0.3, 0.4) is 0 Å². The maximum absolute atomic E-state index is 9.67. The molecule has 1 fully saturated rings. The fourth-order valence-electron chi connectivity index (χ4n) is 3.05. The van der Waals surface area contributed by atoms with Gasteiger partial charge in [0.15, 0.2) is 0 Å². The van der Waals surface area contributed by atoms with Crippen LogP contribution in [0.25, 0.3) is 22.2 Å². The Morgan fingerprint density at radius 1 is 1.32 bits per heavy atom. The summed E-state index contributed by atoms with van der Waals surface area (Å²) < 4.78 is 7.63. The zero-order valence-corrected chi connectivity index (χ0v) is 12.2. The molecule has 0 spiro atoms. The van der Waals surface area contributed by atoms with Crippen LogP contribution in [0.2, 0.25) is 0 Å². The quantitative estimate of drug-likeness (QED) is 0.779. The summed E-state index contributed by atoms with van der Waals surface area (Å²) in [5, 5.41) is 15.2. The number of ether oxygens (including phenoxy) is 1. The SMILES string of the molecule is OCc1nn(C2CCCCO2)cc1-c1ccnc2[nH]ccc12. The first-order valence-corrected chi connectivity index (χ1v) is 7.60. The summed E-state index contributed by atoms with van der Waals surface area (Å²) in [6.07, 6.45) is 8.79. The molecule has 3 aromatic heterocycles. The number of H-pyrrole nitrogens is 1. The van der Waals surface area contributed by atoms with Crippen molar-refractivity contribution in [3.05, 3.63) is 36.4 Å². The van der Waals surface area contributed by atoms with Crippen molar-refractivity contribution in [3.8, 4) is 11.1 Å². The molecule has 1 aliphatic heterocycles. The van der Waals surface area contributed by atoms with Crippen molar-refractivity contribution in [1.29, 1.82) is 0 Å². The van der Waals surface area contributed by atoms with Crippen molar-refractivity contribution in [2.45, 2.75) is 32.1 Å². The van der Waals surface area contributed by atoms with E-state index in [0.717, 1.165) is 48.0 Å². The van der Waals surface area contributed by atoms with Crippen LogP contribution in [0.5, 0.6) is 0 Å². The molecule has 0 saturated carbocycles. The zero-order valence-electron chi connectivity index (χ0n) is 12.2. The summed E-state index contributed by atoms with van der Waals surface area (Å²) in [6, 6.07) is 3.95. The van der Waals surface area contributed by atoms with Gasteiger partial charge in [-0.05, 0) is 37.0 Å². The maximum atomic E-state index is 9.67. The third kappa shape index (κ3) is 2.20. The lowest BCUT2D eigenvalue weighted by molar-refractivity contribution is -0.0398. The molecular formula is C16H18N4O2. The Bertz CT molecular complexity index is 786. The highest BCUT2D eigenvalue weighted by molar-refractivity contribution is 5.93. The molecule has 1 saturated heterocycles. The lowest BCUT2D eigenvalue weighted by Crippen LogP contribution is -2.18. The molecule has 0 aliphatic carbocycles. The van der Waals surface area contributed by atoms with Crippen molar-refractivity contribution in [2.24, 2.45) is 0 Å². The third-order valence-electron chi connectivity index (χ3n) is 4.16. The number of aromatic nitrogens is 4. The first-order chi connectivity index (χ1) is 10.9. The molecule has 0 bridgehead atoms. The lowest BCUT2D eigenvalue weighted by atomic mass is 10.0. The van der Waals surface area contributed by atoms with Crippen LogP contribution in [0, 0.1) is 0 Å². The minimum Gasteiger partial charge on any atom is -0.390 e. The van der Waals surface area contributed by atoms with Crippen LogP contribution in [-0.2, 0) is 11.3 Å². The highest BCUT2D eigenvalue weighted by Crippen LogP contribution is 2.31. The maximum Gasteiger partial charge on any atom is 0.150 e. The number of hydrogen-bond acceptors (Lipinski definition) is 4. The van der Waals surface area contributed by atoms with Crippen molar-refractivity contribution >= 4 is 11.0 Å². The van der Waals surface area contributed by atoms with E-state index >= 15 is 0 Å². The molecule has 2 N–H and O–H groups in total. The molecule has 0 aromatic carbocycles. The molecule has 1 atom stereocenters. The van der Waals surface area contributed by atoms with Crippen LogP contribution >= 0.6 is 0 Å². The lowest BCUT2D eigenvalue weighted by Gasteiger charge is -2.22. The number of aromatic amines is 1. The average Bonchev–Trinajstić information content (AvgIpc) is 3.22. The van der Waals surface area contributed by atoms with Gasteiger partial charge in [0.1, 0.15) is 11.9 Å². The first-order valence-electron chi connectivity index (χ1n) is 7.60. The molecule has 0 radical (unpaired) electrons. The second-order valence-corrected chi connectivity index (χ2v) is 5.55. The van der Waals surface area contributed by atoms with Gasteiger partial charge < -0.3 is 14.8 Å². The van der Waals surface area contributed by atoms with Crippen molar-refractivity contribution in [3.63, 3.8) is 0 Å². The Kier molecular flexibility index (Phi) is 3.40. The van der Waals surface area contributed by atoms with E-state index in [2.05, 4.69) is 15.1 Å². The van der Waals surface area contributed by atoms with Crippen LogP contribution in [-0.4, -0.2) is 31.5 Å². The summed E-state index contributed by atoms with van der Waals surface area (Å²) >= 11 is 0. The van der Waals surface area contributed by atoms with E-state index in [-0.39, 0.29) is 12.8 Å². The molecule has 22 heavy (non-hydrogen) atoms. The summed E-state index contributed by atoms with van der Waals surface area (Å²) in [6.45, 7) is 0.676. The second kappa shape index (κ2) is 5.55. The molecule has 6 heteroatoms. The predicted molar refractivity (Wildman–Crippen MR) is 82.1 cm³/mol. The van der Waals surface area contributed by atoms with Crippen LogP contribution in [0.4, 0.5) is 0 Å². The van der Waals surface area contributed by atoms with E-state index in [0.29, 0.717) is 5.69 Å². The minimum atomic E-state index is -0.0940. The predicted octanol–water partition coefficient (Wildman–Crippen LogP) is 2.62. The molecule has 4 heterocycles. The number of nitrogens with zero attached hydrogens (tertiary/aromatic N) is 3. The average molecular weight is 298 g/mol. The van der Waals surface area contributed by atoms with Gasteiger partial charge in [0.2, 0.25) is 0 Å². The van der Waals surface area contributed by atoms with Crippen molar-refractivity contribution in [1.82, 2.24) is 19.7 Å². The minimum absolute atomic E-state index is 0.0312. The standard InChI is InChI=1S/C16H18N4O2/c21-10-14-13(9-20(19-14)15-3-1-2-8-22-15)11-4-6-17-16-12(11)5-7-18-16/h4-7,9,15,21H,1-3,8,10H2,(H,17,18). The Balaban J connectivity index is 1.80. The Hall–Kier alpha value is -2.18. The fraction of sp³-hybridized carbons (Fsp3) is 0.375. The van der Waals surface area contributed by atoms with Gasteiger partial charge in [-0.25, -0.2) is 9.67 Å². The van der Waals surface area contributed by atoms with E-state index in [4.69, 9.17) is 4.74 Å². The molecular weight excluding hydrogens is 280 g/mol. The summed E-state index contributed by atoms with van der Waals surface area (Å²) in [7, 11) is 0. The smallest absolute Gasteiger partial charge is 0.150 e. The van der Waals surface area contributed by atoms with Crippen molar-refractivity contribution in [2.75, 3.05) is 6.61 Å². The summed E-state index contributed by atoms with van der Waals surface area (Å²) in [5.74, 6) is 0. The summed E-state index contributed by atoms with van der Waals surface area (Å²) in [4.78, 5) is 7.42. The fourth-order valence-corrected chi connectivity index (χ4v) is 3.05. The summed E-state index contributed by atoms with van der Waals surface area (Å²) in [5.41, 5.74) is 3.46. The number of nitrogens with one attached hydrogen (secondary N) is 1. The highest BCUT2D eigenvalue weighted by atomic mass is 16.5. The monoisotopic (exact) mass is 298 g/mol. The van der Waals surface area contributed by atoms with E-state index in [1.54, 1.807) is 6.20 Å². The molecule has 3 aromatic rings. The van der Waals surface area contributed by atoms with E-state index < -0.39 is 0 Å².